The van der Waals surface area contributed by atoms with Crippen LogP contribution in [-0.4, -0.2) is 77.0 Å². The summed E-state index contributed by atoms with van der Waals surface area (Å²) in [4.78, 5) is 45.0. The third-order valence-electron chi connectivity index (χ3n) is 6.67. The number of carbonyl (C=O) groups excluding carboxylic acids is 2. The van der Waals surface area contributed by atoms with Crippen molar-refractivity contribution in [3.05, 3.63) is 46.1 Å². The molecule has 4 heterocycles. The van der Waals surface area contributed by atoms with E-state index in [1.165, 1.54) is 15.4 Å². The molecule has 2 amide bonds. The van der Waals surface area contributed by atoms with Crippen molar-refractivity contribution in [1.29, 1.82) is 0 Å². The predicted octanol–water partition coefficient (Wildman–Crippen LogP) is 2.13. The molecule has 0 bridgehead atoms. The summed E-state index contributed by atoms with van der Waals surface area (Å²) in [5.74, 6) is 0.0821. The number of carbonyl (C=O) groups is 2. The lowest BCUT2D eigenvalue weighted by Crippen LogP contribution is -2.68. The second kappa shape index (κ2) is 7.71. The Morgan fingerprint density at radius 3 is 2.65 bits per heavy atom. The fourth-order valence-corrected chi connectivity index (χ4v) is 4.80. The Hall–Kier alpha value is -3.63. The number of nitrogens with zero attached hydrogens (tertiary/aromatic N) is 6. The number of H-pyrrole nitrogens is 1. The molecule has 180 valence electrons. The smallest absolute Gasteiger partial charge is 0.410 e. The summed E-state index contributed by atoms with van der Waals surface area (Å²) in [5.41, 5.74) is 0.208. The van der Waals surface area contributed by atoms with Gasteiger partial charge in [-0.3, -0.25) is 19.5 Å². The molecule has 2 fully saturated rings. The molecular weight excluding hydrogens is 438 g/mol. The first kappa shape index (κ1) is 22.2. The Morgan fingerprint density at radius 2 is 1.97 bits per heavy atom. The molecule has 1 N–H and O–H groups in total. The van der Waals surface area contributed by atoms with Gasteiger partial charge in [-0.1, -0.05) is 0 Å². The molecule has 3 aromatic rings. The maximum Gasteiger partial charge on any atom is 0.410 e. The second-order valence-electron chi connectivity index (χ2n) is 10.1. The Labute approximate surface area is 196 Å². The van der Waals surface area contributed by atoms with E-state index in [-0.39, 0.29) is 29.0 Å². The Balaban J connectivity index is 1.38. The summed E-state index contributed by atoms with van der Waals surface area (Å²) in [6, 6.07) is 3.41. The summed E-state index contributed by atoms with van der Waals surface area (Å²) in [7, 11) is 0. The molecule has 3 aromatic heterocycles. The molecule has 0 atom stereocenters. The summed E-state index contributed by atoms with van der Waals surface area (Å²) in [5, 5.41) is 8.72. The predicted molar refractivity (Wildman–Crippen MR) is 123 cm³/mol. The molecule has 0 aromatic carbocycles. The van der Waals surface area contributed by atoms with Crippen LogP contribution in [0.5, 0.6) is 0 Å². The van der Waals surface area contributed by atoms with Crippen LogP contribution in [0.25, 0.3) is 11.5 Å². The highest BCUT2D eigenvalue weighted by atomic mass is 16.6. The van der Waals surface area contributed by atoms with Crippen molar-refractivity contribution < 1.29 is 14.3 Å². The molecule has 0 radical (unpaired) electrons. The maximum atomic E-state index is 13.5. The van der Waals surface area contributed by atoms with Gasteiger partial charge < -0.3 is 9.64 Å². The quantitative estimate of drug-likeness (QED) is 0.617. The van der Waals surface area contributed by atoms with Gasteiger partial charge in [0.1, 0.15) is 11.1 Å². The van der Waals surface area contributed by atoms with E-state index >= 15 is 0 Å². The van der Waals surface area contributed by atoms with E-state index in [0.717, 1.165) is 19.3 Å². The highest BCUT2D eigenvalue weighted by Gasteiger charge is 2.50. The molecule has 1 saturated heterocycles. The van der Waals surface area contributed by atoms with Crippen molar-refractivity contribution in [1.82, 2.24) is 34.2 Å². The number of nitrogens with one attached hydrogen (secondary N) is 1. The lowest BCUT2D eigenvalue weighted by Gasteiger charge is -2.55. The van der Waals surface area contributed by atoms with Crippen molar-refractivity contribution in [2.45, 2.75) is 58.1 Å². The molecule has 2 aliphatic rings. The van der Waals surface area contributed by atoms with Crippen LogP contribution >= 0.6 is 0 Å². The molecule has 11 heteroatoms. The first-order valence-corrected chi connectivity index (χ1v) is 11.5. The monoisotopic (exact) mass is 467 g/mol. The molecule has 11 nitrogen and oxygen atoms in total. The van der Waals surface area contributed by atoms with Crippen LogP contribution in [0.4, 0.5) is 4.79 Å². The van der Waals surface area contributed by atoms with Crippen molar-refractivity contribution >= 4 is 17.5 Å². The van der Waals surface area contributed by atoms with Crippen molar-refractivity contribution in [3.63, 3.8) is 0 Å². The number of hydrogen-bond donors (Lipinski definition) is 1. The van der Waals surface area contributed by atoms with Gasteiger partial charge in [0, 0.05) is 25.8 Å². The molecule has 1 spiro atoms. The zero-order valence-electron chi connectivity index (χ0n) is 19.9. The highest BCUT2D eigenvalue weighted by molar-refractivity contribution is 5.95. The minimum Gasteiger partial charge on any atom is -0.444 e. The van der Waals surface area contributed by atoms with Gasteiger partial charge in [0.05, 0.1) is 23.0 Å². The van der Waals surface area contributed by atoms with E-state index in [0.29, 0.717) is 36.4 Å². The second-order valence-corrected chi connectivity index (χ2v) is 10.1. The molecule has 34 heavy (non-hydrogen) atoms. The standard InChI is InChI=1S/C23H29N7O4/c1-15-16(13-24-30(15)20-25-18(31)17-7-5-10-29(17)26-20)19(32)27-11-12-28(21(33)34-22(2,3)4)23(14-27)8-6-9-23/h5,7,10,13H,6,8-9,11-12,14H2,1-4H3,(H,25,26,31). The fourth-order valence-electron chi connectivity index (χ4n) is 4.80. The van der Waals surface area contributed by atoms with Crippen LogP contribution in [0.3, 0.4) is 0 Å². The molecule has 1 aliphatic heterocycles. The zero-order chi connectivity index (χ0) is 24.3. The van der Waals surface area contributed by atoms with Crippen molar-refractivity contribution in [2.75, 3.05) is 19.6 Å². The molecule has 1 aliphatic carbocycles. The van der Waals surface area contributed by atoms with Gasteiger partial charge in [0.25, 0.3) is 11.5 Å². The fraction of sp³-hybridized carbons (Fsp3) is 0.522. The minimum atomic E-state index is -0.570. The van der Waals surface area contributed by atoms with Gasteiger partial charge in [0.15, 0.2) is 0 Å². The topological polar surface area (TPSA) is 118 Å². The lowest BCUT2D eigenvalue weighted by molar-refractivity contribution is -0.0585. The third kappa shape index (κ3) is 3.64. The summed E-state index contributed by atoms with van der Waals surface area (Å²) >= 11 is 0. The SMILES string of the molecule is Cc1c(C(=O)N2CCN(C(=O)OC(C)(C)C)C3(CCC3)C2)cnn1-c1nn2cccc2c(=O)[nH]1. The number of ether oxygens (including phenoxy) is 1. The van der Waals surface area contributed by atoms with Crippen molar-refractivity contribution in [2.24, 2.45) is 0 Å². The maximum absolute atomic E-state index is 13.5. The average Bonchev–Trinajstić information content (AvgIpc) is 3.37. The van der Waals surface area contributed by atoms with E-state index in [2.05, 4.69) is 15.2 Å². The van der Waals surface area contributed by atoms with E-state index < -0.39 is 5.60 Å². The summed E-state index contributed by atoms with van der Waals surface area (Å²) in [6.07, 6.45) is 5.57. The summed E-state index contributed by atoms with van der Waals surface area (Å²) in [6.45, 7) is 8.64. The molecule has 1 saturated carbocycles. The molecule has 0 unspecified atom stereocenters. The third-order valence-corrected chi connectivity index (χ3v) is 6.67. The Bertz CT molecular complexity index is 1330. The van der Waals surface area contributed by atoms with Crippen LogP contribution < -0.4 is 5.56 Å². The number of amides is 2. The Morgan fingerprint density at radius 1 is 1.21 bits per heavy atom. The number of aromatic amines is 1. The number of aromatic nitrogens is 5. The van der Waals surface area contributed by atoms with Crippen LogP contribution in [0, 0.1) is 6.92 Å². The van der Waals surface area contributed by atoms with Gasteiger partial charge in [-0.05, 0) is 59.1 Å². The van der Waals surface area contributed by atoms with Crippen LogP contribution in [-0.2, 0) is 4.74 Å². The number of rotatable bonds is 2. The van der Waals surface area contributed by atoms with Gasteiger partial charge >= 0.3 is 6.09 Å². The first-order valence-electron chi connectivity index (χ1n) is 11.5. The Kier molecular flexibility index (Phi) is 5.03. The number of piperazine rings is 1. The van der Waals surface area contributed by atoms with E-state index in [9.17, 15) is 14.4 Å². The van der Waals surface area contributed by atoms with E-state index in [4.69, 9.17) is 4.74 Å². The largest absolute Gasteiger partial charge is 0.444 e. The van der Waals surface area contributed by atoms with Gasteiger partial charge in [0.2, 0.25) is 5.95 Å². The number of hydrogen-bond acceptors (Lipinski definition) is 6. The zero-order valence-corrected chi connectivity index (χ0v) is 19.9. The molecular formula is C23H29N7O4. The average molecular weight is 468 g/mol. The van der Waals surface area contributed by atoms with Gasteiger partial charge in [-0.2, -0.15) is 5.10 Å². The number of fused-ring (bicyclic) bond motifs is 1. The van der Waals surface area contributed by atoms with Crippen LogP contribution in [0.15, 0.2) is 29.3 Å². The van der Waals surface area contributed by atoms with Crippen molar-refractivity contribution in [3.8, 4) is 5.95 Å². The van der Waals surface area contributed by atoms with Gasteiger partial charge in [-0.15, -0.1) is 5.10 Å². The minimum absolute atomic E-state index is 0.150. The van der Waals surface area contributed by atoms with E-state index in [1.54, 1.807) is 30.2 Å². The van der Waals surface area contributed by atoms with Gasteiger partial charge in [-0.25, -0.2) is 14.0 Å². The molecule has 5 rings (SSSR count). The lowest BCUT2D eigenvalue weighted by atomic mass is 9.73. The highest BCUT2D eigenvalue weighted by Crippen LogP contribution is 2.41. The van der Waals surface area contributed by atoms with Crippen LogP contribution in [0.1, 0.15) is 56.1 Å². The van der Waals surface area contributed by atoms with Crippen LogP contribution in [0.2, 0.25) is 0 Å². The first-order chi connectivity index (χ1) is 16.1. The normalized spacial score (nSPS) is 17.8. The van der Waals surface area contributed by atoms with E-state index in [1.807, 2.05) is 25.7 Å². The summed E-state index contributed by atoms with van der Waals surface area (Å²) < 4.78 is 8.57.